The van der Waals surface area contributed by atoms with Gasteiger partial charge in [-0.15, -0.1) is 0 Å². The van der Waals surface area contributed by atoms with Gasteiger partial charge in [0.05, 0.1) is 13.2 Å². The molecule has 0 unspecified atom stereocenters. The predicted octanol–water partition coefficient (Wildman–Crippen LogP) is 3.50. The smallest absolute Gasteiger partial charge is 0.262 e. The molecule has 0 radical (unpaired) electrons. The average molecular weight is 315 g/mol. The molecular formula is C18H21NO4. The topological polar surface area (TPSA) is 56.8 Å². The van der Waals surface area contributed by atoms with Gasteiger partial charge < -0.3 is 19.5 Å². The van der Waals surface area contributed by atoms with Gasteiger partial charge in [-0.3, -0.25) is 4.79 Å². The van der Waals surface area contributed by atoms with Crippen LogP contribution < -0.4 is 19.5 Å². The summed E-state index contributed by atoms with van der Waals surface area (Å²) in [6, 6.07) is 14.4. The normalized spacial score (nSPS) is 10.3. The number of rotatable bonds is 7. The zero-order valence-corrected chi connectivity index (χ0v) is 13.5. The number of ether oxygens (including phenoxy) is 3. The van der Waals surface area contributed by atoms with E-state index in [4.69, 9.17) is 14.2 Å². The molecule has 0 aliphatic rings. The highest BCUT2D eigenvalue weighted by atomic mass is 16.5. The number of hydrogen-bond acceptors (Lipinski definition) is 4. The highest BCUT2D eigenvalue weighted by Gasteiger charge is 2.06. The number of anilines is 1. The van der Waals surface area contributed by atoms with Crippen molar-refractivity contribution in [3.8, 4) is 17.2 Å². The van der Waals surface area contributed by atoms with Gasteiger partial charge in [0, 0.05) is 17.8 Å². The van der Waals surface area contributed by atoms with Crippen LogP contribution in [0.25, 0.3) is 0 Å². The molecule has 1 amide bonds. The van der Waals surface area contributed by atoms with E-state index >= 15 is 0 Å². The Morgan fingerprint density at radius 2 is 1.74 bits per heavy atom. The summed E-state index contributed by atoms with van der Waals surface area (Å²) in [4.78, 5) is 12.0. The Bertz CT molecular complexity index is 655. The minimum atomic E-state index is -0.241. The summed E-state index contributed by atoms with van der Waals surface area (Å²) in [5.74, 6) is 1.74. The number of carbonyl (C=O) groups excluding carboxylic acids is 1. The maximum atomic E-state index is 12.0. The first-order chi connectivity index (χ1) is 11.1. The Balaban J connectivity index is 1.89. The van der Waals surface area contributed by atoms with Gasteiger partial charge in [0.15, 0.2) is 6.61 Å². The minimum Gasteiger partial charge on any atom is -0.497 e. The van der Waals surface area contributed by atoms with Crippen molar-refractivity contribution >= 4 is 11.6 Å². The Hall–Kier alpha value is -2.69. The van der Waals surface area contributed by atoms with Crippen LogP contribution in [0.3, 0.4) is 0 Å². The van der Waals surface area contributed by atoms with Crippen LogP contribution in [0.5, 0.6) is 17.2 Å². The molecule has 0 bridgehead atoms. The number of carbonyl (C=O) groups is 1. The van der Waals surface area contributed by atoms with Gasteiger partial charge in [0.25, 0.3) is 5.91 Å². The summed E-state index contributed by atoms with van der Waals surface area (Å²) >= 11 is 0. The SMILES string of the molecule is COc1cccc(OCC(=O)Nc2cccc(OC(C)C)c2)c1. The van der Waals surface area contributed by atoms with Crippen molar-refractivity contribution in [2.24, 2.45) is 0 Å². The number of amides is 1. The van der Waals surface area contributed by atoms with Crippen LogP contribution in [0.1, 0.15) is 13.8 Å². The molecule has 0 fully saturated rings. The van der Waals surface area contributed by atoms with Crippen LogP contribution in [0.2, 0.25) is 0 Å². The molecule has 2 aromatic carbocycles. The van der Waals surface area contributed by atoms with E-state index in [2.05, 4.69) is 5.32 Å². The highest BCUT2D eigenvalue weighted by molar-refractivity contribution is 5.92. The van der Waals surface area contributed by atoms with Gasteiger partial charge in [0.1, 0.15) is 17.2 Å². The lowest BCUT2D eigenvalue weighted by atomic mass is 10.3. The van der Waals surface area contributed by atoms with Crippen molar-refractivity contribution in [2.75, 3.05) is 19.0 Å². The molecule has 0 heterocycles. The molecule has 122 valence electrons. The summed E-state index contributed by atoms with van der Waals surface area (Å²) in [6.07, 6.45) is 0.0809. The van der Waals surface area contributed by atoms with Crippen LogP contribution in [0.4, 0.5) is 5.69 Å². The quantitative estimate of drug-likeness (QED) is 0.849. The first kappa shape index (κ1) is 16.7. The molecule has 1 N–H and O–H groups in total. The second-order valence-corrected chi connectivity index (χ2v) is 5.21. The van der Waals surface area contributed by atoms with Crippen molar-refractivity contribution in [1.29, 1.82) is 0 Å². The van der Waals surface area contributed by atoms with Crippen molar-refractivity contribution in [3.05, 3.63) is 48.5 Å². The van der Waals surface area contributed by atoms with Crippen LogP contribution in [0.15, 0.2) is 48.5 Å². The summed E-state index contributed by atoms with van der Waals surface area (Å²) in [6.45, 7) is 3.82. The first-order valence-corrected chi connectivity index (χ1v) is 7.40. The highest BCUT2D eigenvalue weighted by Crippen LogP contribution is 2.20. The lowest BCUT2D eigenvalue weighted by molar-refractivity contribution is -0.118. The summed E-state index contributed by atoms with van der Waals surface area (Å²) in [5, 5.41) is 2.78. The average Bonchev–Trinajstić information content (AvgIpc) is 2.53. The molecule has 2 aromatic rings. The van der Waals surface area contributed by atoms with E-state index in [1.54, 1.807) is 37.4 Å². The molecule has 23 heavy (non-hydrogen) atoms. The van der Waals surface area contributed by atoms with E-state index in [0.717, 1.165) is 0 Å². The van der Waals surface area contributed by atoms with Crippen molar-refractivity contribution in [1.82, 2.24) is 0 Å². The fraction of sp³-hybridized carbons (Fsp3) is 0.278. The van der Waals surface area contributed by atoms with Gasteiger partial charge >= 0.3 is 0 Å². The monoisotopic (exact) mass is 315 g/mol. The van der Waals surface area contributed by atoms with Crippen molar-refractivity contribution in [2.45, 2.75) is 20.0 Å². The van der Waals surface area contributed by atoms with Crippen molar-refractivity contribution in [3.63, 3.8) is 0 Å². The lowest BCUT2D eigenvalue weighted by Gasteiger charge is -2.12. The summed E-state index contributed by atoms with van der Waals surface area (Å²) in [7, 11) is 1.58. The molecule has 0 aliphatic heterocycles. The summed E-state index contributed by atoms with van der Waals surface area (Å²) < 4.78 is 16.2. The fourth-order valence-electron chi connectivity index (χ4n) is 1.96. The number of methoxy groups -OCH3 is 1. The zero-order chi connectivity index (χ0) is 16.7. The molecule has 5 heteroatoms. The standard InChI is InChI=1S/C18H21NO4/c1-13(2)23-17-9-4-6-14(10-17)19-18(20)12-22-16-8-5-7-15(11-16)21-3/h4-11,13H,12H2,1-3H3,(H,19,20). The fourth-order valence-corrected chi connectivity index (χ4v) is 1.96. The van der Waals surface area contributed by atoms with Crippen LogP contribution in [-0.4, -0.2) is 25.7 Å². The molecule has 0 aromatic heterocycles. The van der Waals surface area contributed by atoms with E-state index in [1.807, 2.05) is 32.0 Å². The lowest BCUT2D eigenvalue weighted by Crippen LogP contribution is -2.20. The zero-order valence-electron chi connectivity index (χ0n) is 13.5. The van der Waals surface area contributed by atoms with E-state index in [0.29, 0.717) is 22.9 Å². The maximum Gasteiger partial charge on any atom is 0.262 e. The maximum absolute atomic E-state index is 12.0. The largest absolute Gasteiger partial charge is 0.497 e. The van der Waals surface area contributed by atoms with Gasteiger partial charge in [0.2, 0.25) is 0 Å². The van der Waals surface area contributed by atoms with Gasteiger partial charge in [-0.05, 0) is 38.1 Å². The van der Waals surface area contributed by atoms with E-state index in [-0.39, 0.29) is 18.6 Å². The number of nitrogens with one attached hydrogen (secondary N) is 1. The molecule has 2 rings (SSSR count). The van der Waals surface area contributed by atoms with E-state index in [1.165, 1.54) is 0 Å². The Kier molecular flexibility index (Phi) is 5.86. The molecule has 0 atom stereocenters. The first-order valence-electron chi connectivity index (χ1n) is 7.40. The Morgan fingerprint density at radius 1 is 1.04 bits per heavy atom. The van der Waals surface area contributed by atoms with Crippen LogP contribution >= 0.6 is 0 Å². The second-order valence-electron chi connectivity index (χ2n) is 5.21. The third-order valence-corrected chi connectivity index (χ3v) is 2.90. The predicted molar refractivity (Wildman–Crippen MR) is 89.3 cm³/mol. The third kappa shape index (κ3) is 5.54. The molecular weight excluding hydrogens is 294 g/mol. The molecule has 0 aliphatic carbocycles. The van der Waals surface area contributed by atoms with Crippen LogP contribution in [-0.2, 0) is 4.79 Å². The molecule has 5 nitrogen and oxygen atoms in total. The van der Waals surface area contributed by atoms with Gasteiger partial charge in [-0.1, -0.05) is 12.1 Å². The number of hydrogen-bond donors (Lipinski definition) is 1. The van der Waals surface area contributed by atoms with E-state index in [9.17, 15) is 4.79 Å². The molecule has 0 saturated heterocycles. The number of benzene rings is 2. The third-order valence-electron chi connectivity index (χ3n) is 2.90. The van der Waals surface area contributed by atoms with Crippen LogP contribution in [0, 0.1) is 0 Å². The molecule has 0 saturated carbocycles. The molecule has 0 spiro atoms. The van der Waals surface area contributed by atoms with Gasteiger partial charge in [-0.2, -0.15) is 0 Å². The van der Waals surface area contributed by atoms with Gasteiger partial charge in [-0.25, -0.2) is 0 Å². The minimum absolute atomic E-state index is 0.0809. The van der Waals surface area contributed by atoms with E-state index < -0.39 is 0 Å². The second kappa shape index (κ2) is 8.08. The van der Waals surface area contributed by atoms with Crippen molar-refractivity contribution < 1.29 is 19.0 Å². The Morgan fingerprint density at radius 3 is 2.48 bits per heavy atom. The Labute approximate surface area is 136 Å². The summed E-state index contributed by atoms with van der Waals surface area (Å²) in [5.41, 5.74) is 0.669.